The standard InChI is InChI=1S/C13H15Cl2NO2/c1-7(2)8-5-16(6-8)12-10(13(17)18)3-9(14)4-11(12)15/h3-4,7-8H,5-6H2,1-2H3,(H,17,18). The number of halogens is 2. The van der Waals surface area contributed by atoms with E-state index in [9.17, 15) is 9.90 Å². The monoisotopic (exact) mass is 287 g/mol. The number of hydrogen-bond donors (Lipinski definition) is 1. The van der Waals surface area contributed by atoms with Gasteiger partial charge in [0.2, 0.25) is 0 Å². The molecule has 1 heterocycles. The smallest absolute Gasteiger partial charge is 0.337 e. The zero-order valence-electron chi connectivity index (χ0n) is 10.3. The van der Waals surface area contributed by atoms with Crippen molar-refractivity contribution in [2.75, 3.05) is 18.0 Å². The fraction of sp³-hybridized carbons (Fsp3) is 0.462. The summed E-state index contributed by atoms with van der Waals surface area (Å²) in [5.74, 6) is 0.196. The van der Waals surface area contributed by atoms with Crippen LogP contribution in [0.5, 0.6) is 0 Å². The second-order valence-electron chi connectivity index (χ2n) is 5.00. The highest BCUT2D eigenvalue weighted by Crippen LogP contribution is 2.38. The van der Waals surface area contributed by atoms with E-state index in [2.05, 4.69) is 13.8 Å². The van der Waals surface area contributed by atoms with E-state index in [-0.39, 0.29) is 5.56 Å². The van der Waals surface area contributed by atoms with Gasteiger partial charge in [0.05, 0.1) is 16.3 Å². The fourth-order valence-electron chi connectivity index (χ4n) is 2.17. The summed E-state index contributed by atoms with van der Waals surface area (Å²) in [4.78, 5) is 13.2. The Morgan fingerprint density at radius 3 is 2.50 bits per heavy atom. The zero-order valence-corrected chi connectivity index (χ0v) is 11.8. The van der Waals surface area contributed by atoms with E-state index >= 15 is 0 Å². The van der Waals surface area contributed by atoms with Crippen LogP contribution in [-0.4, -0.2) is 24.2 Å². The molecule has 0 radical (unpaired) electrons. The lowest BCUT2D eigenvalue weighted by atomic mass is 9.87. The van der Waals surface area contributed by atoms with Crippen molar-refractivity contribution >= 4 is 34.9 Å². The van der Waals surface area contributed by atoms with Crippen LogP contribution in [0.3, 0.4) is 0 Å². The minimum absolute atomic E-state index is 0.176. The van der Waals surface area contributed by atoms with Gasteiger partial charge in [0, 0.05) is 18.1 Å². The lowest BCUT2D eigenvalue weighted by Crippen LogP contribution is -2.49. The Bertz CT molecular complexity index is 482. The van der Waals surface area contributed by atoms with Gasteiger partial charge in [-0.2, -0.15) is 0 Å². The van der Waals surface area contributed by atoms with Gasteiger partial charge >= 0.3 is 5.97 Å². The minimum Gasteiger partial charge on any atom is -0.478 e. The number of anilines is 1. The third-order valence-electron chi connectivity index (χ3n) is 3.43. The summed E-state index contributed by atoms with van der Waals surface area (Å²) >= 11 is 12.0. The molecular weight excluding hydrogens is 273 g/mol. The van der Waals surface area contributed by atoms with Crippen molar-refractivity contribution in [1.82, 2.24) is 0 Å². The predicted molar refractivity (Wildman–Crippen MR) is 74.0 cm³/mol. The highest BCUT2D eigenvalue weighted by atomic mass is 35.5. The molecule has 1 aromatic rings. The van der Waals surface area contributed by atoms with Gasteiger partial charge < -0.3 is 10.0 Å². The molecule has 0 unspecified atom stereocenters. The Hall–Kier alpha value is -0.930. The maximum Gasteiger partial charge on any atom is 0.337 e. The van der Waals surface area contributed by atoms with Crippen molar-refractivity contribution in [3.05, 3.63) is 27.7 Å². The molecule has 1 aliphatic rings. The average Bonchev–Trinajstić information content (AvgIpc) is 2.17. The van der Waals surface area contributed by atoms with E-state index in [4.69, 9.17) is 23.2 Å². The van der Waals surface area contributed by atoms with Gasteiger partial charge in [0.15, 0.2) is 0 Å². The molecule has 0 amide bonds. The van der Waals surface area contributed by atoms with Gasteiger partial charge in [-0.1, -0.05) is 37.0 Å². The van der Waals surface area contributed by atoms with E-state index in [1.165, 1.54) is 6.07 Å². The molecule has 1 aromatic carbocycles. The van der Waals surface area contributed by atoms with Crippen LogP contribution in [0.2, 0.25) is 10.0 Å². The van der Waals surface area contributed by atoms with Crippen LogP contribution in [0.4, 0.5) is 5.69 Å². The zero-order chi connectivity index (χ0) is 13.4. The Labute approximate surface area is 116 Å². The number of nitrogens with zero attached hydrogens (tertiary/aromatic N) is 1. The number of benzene rings is 1. The van der Waals surface area contributed by atoms with Gasteiger partial charge in [-0.3, -0.25) is 0 Å². The molecule has 0 aliphatic carbocycles. The molecular formula is C13H15Cl2NO2. The van der Waals surface area contributed by atoms with Crippen LogP contribution in [0, 0.1) is 11.8 Å². The largest absolute Gasteiger partial charge is 0.478 e. The molecule has 98 valence electrons. The maximum atomic E-state index is 11.2. The molecule has 1 aliphatic heterocycles. The van der Waals surface area contributed by atoms with Crippen LogP contribution in [0.15, 0.2) is 12.1 Å². The Morgan fingerprint density at radius 2 is 2.00 bits per heavy atom. The SMILES string of the molecule is CC(C)C1CN(c2c(Cl)cc(Cl)cc2C(=O)O)C1. The molecule has 0 bridgehead atoms. The lowest BCUT2D eigenvalue weighted by Gasteiger charge is -2.44. The molecule has 0 aromatic heterocycles. The van der Waals surface area contributed by atoms with E-state index in [1.54, 1.807) is 6.07 Å². The molecule has 0 spiro atoms. The number of hydrogen-bond acceptors (Lipinski definition) is 2. The van der Waals surface area contributed by atoms with Crippen molar-refractivity contribution in [2.24, 2.45) is 11.8 Å². The maximum absolute atomic E-state index is 11.2. The molecule has 5 heteroatoms. The van der Waals surface area contributed by atoms with Crippen molar-refractivity contribution in [1.29, 1.82) is 0 Å². The molecule has 0 atom stereocenters. The van der Waals surface area contributed by atoms with Gasteiger partial charge in [-0.05, 0) is 24.0 Å². The Morgan fingerprint density at radius 1 is 1.39 bits per heavy atom. The van der Waals surface area contributed by atoms with E-state index in [1.807, 2.05) is 4.90 Å². The van der Waals surface area contributed by atoms with Crippen LogP contribution in [0.25, 0.3) is 0 Å². The van der Waals surface area contributed by atoms with Crippen LogP contribution in [-0.2, 0) is 0 Å². The second-order valence-corrected chi connectivity index (χ2v) is 5.84. The lowest BCUT2D eigenvalue weighted by molar-refractivity contribution is 0.0697. The first kappa shape index (κ1) is 13.5. The molecule has 1 fully saturated rings. The predicted octanol–water partition coefficient (Wildman–Crippen LogP) is 3.78. The Kier molecular flexibility index (Phi) is 3.74. The van der Waals surface area contributed by atoms with Gasteiger partial charge in [0.25, 0.3) is 0 Å². The second kappa shape index (κ2) is 4.98. The quantitative estimate of drug-likeness (QED) is 0.920. The molecule has 3 nitrogen and oxygen atoms in total. The van der Waals surface area contributed by atoms with Crippen molar-refractivity contribution < 1.29 is 9.90 Å². The highest BCUT2D eigenvalue weighted by Gasteiger charge is 2.33. The summed E-state index contributed by atoms with van der Waals surface area (Å²) in [6.45, 7) is 6.03. The van der Waals surface area contributed by atoms with Crippen molar-refractivity contribution in [3.63, 3.8) is 0 Å². The normalized spacial score (nSPS) is 15.9. The molecule has 0 saturated carbocycles. The summed E-state index contributed by atoms with van der Waals surface area (Å²) in [5, 5.41) is 9.97. The molecule has 1 saturated heterocycles. The van der Waals surface area contributed by atoms with Crippen LogP contribution < -0.4 is 4.90 Å². The first-order valence-electron chi connectivity index (χ1n) is 5.87. The number of carboxylic acids is 1. The van der Waals surface area contributed by atoms with E-state index < -0.39 is 5.97 Å². The number of rotatable bonds is 3. The highest BCUT2D eigenvalue weighted by molar-refractivity contribution is 6.37. The summed E-state index contributed by atoms with van der Waals surface area (Å²) in [6, 6.07) is 3.04. The first-order chi connectivity index (χ1) is 8.40. The van der Waals surface area contributed by atoms with Crippen LogP contribution >= 0.6 is 23.2 Å². The molecule has 1 N–H and O–H groups in total. The average molecular weight is 288 g/mol. The number of aromatic carboxylic acids is 1. The summed E-state index contributed by atoms with van der Waals surface area (Å²) in [5.41, 5.74) is 0.764. The molecule has 2 rings (SSSR count). The van der Waals surface area contributed by atoms with Crippen molar-refractivity contribution in [2.45, 2.75) is 13.8 Å². The van der Waals surface area contributed by atoms with Gasteiger partial charge in [0.1, 0.15) is 0 Å². The van der Waals surface area contributed by atoms with Crippen LogP contribution in [0.1, 0.15) is 24.2 Å². The first-order valence-corrected chi connectivity index (χ1v) is 6.63. The van der Waals surface area contributed by atoms with E-state index in [0.717, 1.165) is 13.1 Å². The Balaban J connectivity index is 2.31. The molecule has 18 heavy (non-hydrogen) atoms. The third kappa shape index (κ3) is 2.43. The fourth-order valence-corrected chi connectivity index (χ4v) is 2.78. The van der Waals surface area contributed by atoms with E-state index in [0.29, 0.717) is 27.6 Å². The van der Waals surface area contributed by atoms with Crippen molar-refractivity contribution in [3.8, 4) is 0 Å². The minimum atomic E-state index is -0.998. The number of carboxylic acid groups (broad SMARTS) is 1. The summed E-state index contributed by atoms with van der Waals surface area (Å²) < 4.78 is 0. The third-order valence-corrected chi connectivity index (χ3v) is 3.93. The number of carbonyl (C=O) groups is 1. The van der Waals surface area contributed by atoms with Gasteiger partial charge in [-0.25, -0.2) is 4.79 Å². The topological polar surface area (TPSA) is 40.5 Å². The van der Waals surface area contributed by atoms with Gasteiger partial charge in [-0.15, -0.1) is 0 Å². The summed E-state index contributed by atoms with van der Waals surface area (Å²) in [6.07, 6.45) is 0. The summed E-state index contributed by atoms with van der Waals surface area (Å²) in [7, 11) is 0.